The zero-order valence-electron chi connectivity index (χ0n) is 10.2. The van der Waals surface area contributed by atoms with E-state index in [-0.39, 0.29) is 0 Å². The van der Waals surface area contributed by atoms with Crippen LogP contribution >= 0.6 is 27.3 Å². The summed E-state index contributed by atoms with van der Waals surface area (Å²) in [7, 11) is 0. The molecule has 1 unspecified atom stereocenters. The van der Waals surface area contributed by atoms with Crippen LogP contribution in [0, 0.1) is 5.92 Å². The van der Waals surface area contributed by atoms with Crippen molar-refractivity contribution in [2.45, 2.75) is 52.0 Å². The summed E-state index contributed by atoms with van der Waals surface area (Å²) in [6.07, 6.45) is 6.02. The van der Waals surface area contributed by atoms with E-state index in [1.165, 1.54) is 35.0 Å². The number of nitrogens with two attached hydrogens (primary N) is 1. The van der Waals surface area contributed by atoms with Crippen molar-refractivity contribution in [2.75, 3.05) is 0 Å². The second-order valence-corrected chi connectivity index (χ2v) is 6.25. The summed E-state index contributed by atoms with van der Waals surface area (Å²) < 4.78 is 1.22. The van der Waals surface area contributed by atoms with Crippen molar-refractivity contribution >= 4 is 27.3 Å². The Morgan fingerprint density at radius 2 is 1.94 bits per heavy atom. The molecule has 0 radical (unpaired) electrons. The first-order chi connectivity index (χ1) is 7.69. The minimum atomic E-state index is 0.315. The molecule has 0 aliphatic rings. The van der Waals surface area contributed by atoms with Crippen LogP contribution in [0.4, 0.5) is 0 Å². The van der Waals surface area contributed by atoms with Crippen molar-refractivity contribution in [2.24, 2.45) is 11.7 Å². The van der Waals surface area contributed by atoms with Gasteiger partial charge in [-0.1, -0.05) is 26.7 Å². The first-order valence-electron chi connectivity index (χ1n) is 6.16. The Kier molecular flexibility index (Phi) is 6.62. The minimum absolute atomic E-state index is 0.315. The summed E-state index contributed by atoms with van der Waals surface area (Å²) in [6, 6.07) is 2.43. The van der Waals surface area contributed by atoms with Gasteiger partial charge in [0.15, 0.2) is 0 Å². The summed E-state index contributed by atoms with van der Waals surface area (Å²) in [5.41, 5.74) is 6.34. The Bertz CT molecular complexity index is 292. The molecular formula is C13H22BrNS. The van der Waals surface area contributed by atoms with Gasteiger partial charge in [-0.15, -0.1) is 11.3 Å². The van der Waals surface area contributed by atoms with Crippen molar-refractivity contribution < 1.29 is 0 Å². The molecule has 16 heavy (non-hydrogen) atoms. The zero-order chi connectivity index (χ0) is 12.0. The number of thiophene rings is 1. The van der Waals surface area contributed by atoms with Crippen LogP contribution in [0.2, 0.25) is 0 Å². The smallest absolute Gasteiger partial charge is 0.0314 e. The number of halogens is 1. The molecule has 0 bridgehead atoms. The van der Waals surface area contributed by atoms with E-state index in [1.54, 1.807) is 11.3 Å². The van der Waals surface area contributed by atoms with Crippen LogP contribution in [-0.2, 0) is 6.42 Å². The van der Waals surface area contributed by atoms with E-state index < -0.39 is 0 Å². The van der Waals surface area contributed by atoms with Gasteiger partial charge in [-0.05, 0) is 52.6 Å². The number of hydrogen-bond acceptors (Lipinski definition) is 2. The van der Waals surface area contributed by atoms with Crippen LogP contribution in [0.25, 0.3) is 0 Å². The predicted octanol–water partition coefficient (Wildman–Crippen LogP) is 4.60. The maximum atomic E-state index is 6.34. The van der Waals surface area contributed by atoms with E-state index in [0.29, 0.717) is 12.0 Å². The lowest BCUT2D eigenvalue weighted by Crippen LogP contribution is -2.32. The van der Waals surface area contributed by atoms with Gasteiger partial charge in [0.1, 0.15) is 0 Å². The van der Waals surface area contributed by atoms with Gasteiger partial charge in [0.05, 0.1) is 0 Å². The molecule has 1 aromatic rings. The van der Waals surface area contributed by atoms with Gasteiger partial charge in [0, 0.05) is 15.4 Å². The van der Waals surface area contributed by atoms with Gasteiger partial charge in [-0.2, -0.15) is 0 Å². The second-order valence-electron chi connectivity index (χ2n) is 4.40. The summed E-state index contributed by atoms with van der Waals surface area (Å²) in [6.45, 7) is 4.49. The molecule has 0 fully saturated rings. The van der Waals surface area contributed by atoms with E-state index in [0.717, 1.165) is 6.42 Å². The Morgan fingerprint density at radius 3 is 2.38 bits per heavy atom. The van der Waals surface area contributed by atoms with Crippen molar-refractivity contribution in [3.05, 3.63) is 20.8 Å². The fourth-order valence-electron chi connectivity index (χ4n) is 2.17. The zero-order valence-corrected chi connectivity index (χ0v) is 12.6. The largest absolute Gasteiger partial charge is 0.327 e. The summed E-state index contributed by atoms with van der Waals surface area (Å²) in [5.74, 6) is 0.684. The molecular weight excluding hydrogens is 282 g/mol. The maximum absolute atomic E-state index is 6.34. The molecule has 0 spiro atoms. The third-order valence-corrected chi connectivity index (χ3v) is 4.99. The van der Waals surface area contributed by atoms with E-state index in [9.17, 15) is 0 Å². The average Bonchev–Trinajstić information content (AvgIpc) is 2.64. The SMILES string of the molecule is CCCC(CCC)C(N)Cc1sccc1Br. The van der Waals surface area contributed by atoms with Crippen LogP contribution in [0.5, 0.6) is 0 Å². The van der Waals surface area contributed by atoms with E-state index in [1.807, 2.05) is 0 Å². The first kappa shape index (κ1) is 14.2. The molecule has 1 nitrogen and oxygen atoms in total. The van der Waals surface area contributed by atoms with E-state index >= 15 is 0 Å². The third kappa shape index (κ3) is 4.19. The molecule has 92 valence electrons. The third-order valence-electron chi connectivity index (χ3n) is 3.04. The average molecular weight is 304 g/mol. The molecule has 1 aromatic heterocycles. The van der Waals surface area contributed by atoms with E-state index in [2.05, 4.69) is 41.2 Å². The predicted molar refractivity (Wildman–Crippen MR) is 77.0 cm³/mol. The van der Waals surface area contributed by atoms with Crippen LogP contribution in [0.1, 0.15) is 44.4 Å². The summed E-state index contributed by atoms with van der Waals surface area (Å²) >= 11 is 5.38. The highest BCUT2D eigenvalue weighted by atomic mass is 79.9. The Labute approximate surface area is 112 Å². The minimum Gasteiger partial charge on any atom is -0.327 e. The normalized spacial score (nSPS) is 13.3. The molecule has 1 heterocycles. The topological polar surface area (TPSA) is 26.0 Å². The van der Waals surface area contributed by atoms with Crippen molar-refractivity contribution in [1.82, 2.24) is 0 Å². The van der Waals surface area contributed by atoms with Crippen molar-refractivity contribution in [1.29, 1.82) is 0 Å². The molecule has 1 rings (SSSR count). The Morgan fingerprint density at radius 1 is 1.31 bits per heavy atom. The van der Waals surface area contributed by atoms with Gasteiger partial charge in [0.25, 0.3) is 0 Å². The molecule has 3 heteroatoms. The lowest BCUT2D eigenvalue weighted by molar-refractivity contribution is 0.361. The lowest BCUT2D eigenvalue weighted by Gasteiger charge is -2.22. The van der Waals surface area contributed by atoms with Gasteiger partial charge in [0.2, 0.25) is 0 Å². The standard InChI is InChI=1S/C13H22BrNS/c1-3-5-10(6-4-2)12(15)9-13-11(14)7-8-16-13/h7-8,10,12H,3-6,9,15H2,1-2H3. The van der Waals surface area contributed by atoms with Crippen molar-refractivity contribution in [3.8, 4) is 0 Å². The lowest BCUT2D eigenvalue weighted by atomic mass is 9.89. The molecule has 0 amide bonds. The molecule has 0 aliphatic carbocycles. The van der Waals surface area contributed by atoms with Gasteiger partial charge < -0.3 is 5.73 Å². The molecule has 0 aliphatic heterocycles. The summed E-state index contributed by atoms with van der Waals surface area (Å²) in [5, 5.41) is 2.13. The number of hydrogen-bond donors (Lipinski definition) is 1. The highest BCUT2D eigenvalue weighted by molar-refractivity contribution is 9.10. The first-order valence-corrected chi connectivity index (χ1v) is 7.83. The molecule has 0 saturated heterocycles. The molecule has 1 atom stereocenters. The van der Waals surface area contributed by atoms with E-state index in [4.69, 9.17) is 5.73 Å². The maximum Gasteiger partial charge on any atom is 0.0314 e. The van der Waals surface area contributed by atoms with Crippen LogP contribution in [-0.4, -0.2) is 6.04 Å². The van der Waals surface area contributed by atoms with Gasteiger partial charge in [-0.3, -0.25) is 0 Å². The quantitative estimate of drug-likeness (QED) is 0.783. The Balaban J connectivity index is 2.54. The fourth-order valence-corrected chi connectivity index (χ4v) is 3.75. The molecule has 0 aromatic carbocycles. The highest BCUT2D eigenvalue weighted by Gasteiger charge is 2.18. The molecule has 0 saturated carbocycles. The van der Waals surface area contributed by atoms with Gasteiger partial charge in [-0.25, -0.2) is 0 Å². The van der Waals surface area contributed by atoms with Crippen LogP contribution < -0.4 is 5.73 Å². The Hall–Kier alpha value is 0.140. The fraction of sp³-hybridized carbons (Fsp3) is 0.692. The molecule has 2 N–H and O–H groups in total. The van der Waals surface area contributed by atoms with Crippen molar-refractivity contribution in [3.63, 3.8) is 0 Å². The highest BCUT2D eigenvalue weighted by Crippen LogP contribution is 2.27. The van der Waals surface area contributed by atoms with Crippen LogP contribution in [0.15, 0.2) is 15.9 Å². The monoisotopic (exact) mass is 303 g/mol. The summed E-state index contributed by atoms with van der Waals surface area (Å²) in [4.78, 5) is 1.39. The second kappa shape index (κ2) is 7.46. The van der Waals surface area contributed by atoms with Crippen LogP contribution in [0.3, 0.4) is 0 Å². The van der Waals surface area contributed by atoms with Gasteiger partial charge >= 0.3 is 0 Å². The number of rotatable bonds is 7.